The van der Waals surface area contributed by atoms with Gasteiger partial charge < -0.3 is 33.5 Å². The smallest absolute Gasteiger partial charge is 0.164 e. The highest BCUT2D eigenvalue weighted by molar-refractivity contribution is 5.26. The summed E-state index contributed by atoms with van der Waals surface area (Å²) in [6.07, 6.45) is -3.97. The van der Waals surface area contributed by atoms with Crippen LogP contribution in [-0.4, -0.2) is 54.6 Å². The Kier molecular flexibility index (Phi) is 8.43. The predicted octanol–water partition coefficient (Wildman–Crippen LogP) is 4.65. The molecule has 1 aliphatic heterocycles. The van der Waals surface area contributed by atoms with Gasteiger partial charge in [0.1, 0.15) is 42.4 Å². The minimum Gasteiger partial charge on any atom is -0.497 e. The molecule has 7 nitrogen and oxygen atoms in total. The van der Waals surface area contributed by atoms with Gasteiger partial charge in [-0.25, -0.2) is 0 Å². The molecule has 6 atom stereocenters. The van der Waals surface area contributed by atoms with Gasteiger partial charge in [0.15, 0.2) is 5.79 Å². The molecule has 1 saturated carbocycles. The first-order valence-corrected chi connectivity index (χ1v) is 13.0. The highest BCUT2D eigenvalue weighted by Gasteiger charge is 2.59. The van der Waals surface area contributed by atoms with Gasteiger partial charge in [-0.05, 0) is 42.7 Å². The molecule has 0 aromatic heterocycles. The highest BCUT2D eigenvalue weighted by atomic mass is 16.8. The van der Waals surface area contributed by atoms with Gasteiger partial charge in [-0.1, -0.05) is 72.8 Å². The molecule has 1 heterocycles. The second-order valence-corrected chi connectivity index (χ2v) is 10.2. The zero-order valence-corrected chi connectivity index (χ0v) is 22.1. The number of benzene rings is 3. The summed E-state index contributed by atoms with van der Waals surface area (Å²) in [6.45, 7) is 4.68. The number of hydrogen-bond donors (Lipinski definition) is 1. The molecule has 2 unspecified atom stereocenters. The highest BCUT2D eigenvalue weighted by Crippen LogP contribution is 2.41. The summed E-state index contributed by atoms with van der Waals surface area (Å²) in [4.78, 5) is 0. The van der Waals surface area contributed by atoms with Gasteiger partial charge in [0.05, 0.1) is 26.9 Å². The van der Waals surface area contributed by atoms with Crippen molar-refractivity contribution in [2.24, 2.45) is 0 Å². The van der Waals surface area contributed by atoms with Gasteiger partial charge in [-0.3, -0.25) is 0 Å². The fraction of sp³-hybridized carbons (Fsp3) is 0.419. The van der Waals surface area contributed by atoms with Crippen LogP contribution >= 0.6 is 0 Å². The van der Waals surface area contributed by atoms with E-state index in [1.807, 2.05) is 98.8 Å². The molecule has 2 fully saturated rings. The summed E-state index contributed by atoms with van der Waals surface area (Å²) in [5.74, 6) is -0.101. The van der Waals surface area contributed by atoms with Crippen molar-refractivity contribution in [2.75, 3.05) is 7.11 Å². The lowest BCUT2D eigenvalue weighted by Crippen LogP contribution is -2.64. The van der Waals surface area contributed by atoms with Crippen LogP contribution in [0.15, 0.2) is 84.9 Å². The van der Waals surface area contributed by atoms with Crippen LogP contribution in [0.4, 0.5) is 0 Å². The molecule has 202 valence electrons. The van der Waals surface area contributed by atoms with Crippen molar-refractivity contribution in [1.29, 1.82) is 0 Å². The van der Waals surface area contributed by atoms with E-state index in [-0.39, 0.29) is 0 Å². The average Bonchev–Trinajstić information content (AvgIpc) is 3.27. The quantitative estimate of drug-likeness (QED) is 0.417. The molecular formula is C31H36O7. The molecule has 38 heavy (non-hydrogen) atoms. The normalized spacial score (nSPS) is 28.1. The van der Waals surface area contributed by atoms with E-state index in [1.54, 1.807) is 7.11 Å². The average molecular weight is 521 g/mol. The maximum Gasteiger partial charge on any atom is 0.164 e. The maximum atomic E-state index is 11.5. The standard InChI is InChI=1S/C31H36O7/c1-31(2)37-27-25(32)26(34-18-21-10-6-4-7-11-21)28(35-20-23-14-16-24(33-3)17-15-23)29(30(27)38-31)36-19-22-12-8-5-9-13-22/h4-17,25-30,32H,18-20H2,1-3H3/t25-,26+,27?,28+,29-,30?/m1/s1. The van der Waals surface area contributed by atoms with Gasteiger partial charge in [-0.15, -0.1) is 0 Å². The van der Waals surface area contributed by atoms with Crippen LogP contribution in [0, 0.1) is 0 Å². The number of ether oxygens (including phenoxy) is 6. The molecule has 3 aromatic carbocycles. The van der Waals surface area contributed by atoms with E-state index in [9.17, 15) is 5.11 Å². The van der Waals surface area contributed by atoms with Crippen molar-refractivity contribution in [1.82, 2.24) is 0 Å². The molecule has 3 aromatic rings. The van der Waals surface area contributed by atoms with Crippen LogP contribution in [-0.2, 0) is 43.5 Å². The Labute approximate surface area is 224 Å². The lowest BCUT2D eigenvalue weighted by molar-refractivity contribution is -0.241. The molecule has 2 aliphatic rings. The number of hydrogen-bond acceptors (Lipinski definition) is 7. The number of aliphatic hydroxyl groups excluding tert-OH is 1. The predicted molar refractivity (Wildman–Crippen MR) is 141 cm³/mol. The van der Waals surface area contributed by atoms with Crippen LogP contribution in [0.5, 0.6) is 5.75 Å². The molecule has 1 aliphatic carbocycles. The van der Waals surface area contributed by atoms with Crippen LogP contribution in [0.2, 0.25) is 0 Å². The summed E-state index contributed by atoms with van der Waals surface area (Å²) < 4.78 is 37.1. The van der Waals surface area contributed by atoms with Gasteiger partial charge in [0.25, 0.3) is 0 Å². The van der Waals surface area contributed by atoms with Gasteiger partial charge in [-0.2, -0.15) is 0 Å². The Hall–Kier alpha value is -2.78. The van der Waals surface area contributed by atoms with E-state index in [4.69, 9.17) is 28.4 Å². The van der Waals surface area contributed by atoms with Crippen LogP contribution in [0.25, 0.3) is 0 Å². The van der Waals surface area contributed by atoms with E-state index >= 15 is 0 Å². The van der Waals surface area contributed by atoms with Crippen molar-refractivity contribution in [2.45, 2.75) is 76.1 Å². The number of aliphatic hydroxyl groups is 1. The van der Waals surface area contributed by atoms with Crippen molar-refractivity contribution >= 4 is 0 Å². The Bertz CT molecular complexity index is 1140. The molecule has 1 N–H and O–H groups in total. The van der Waals surface area contributed by atoms with Gasteiger partial charge >= 0.3 is 0 Å². The number of fused-ring (bicyclic) bond motifs is 1. The molecule has 0 bridgehead atoms. The third kappa shape index (κ3) is 6.26. The maximum absolute atomic E-state index is 11.5. The van der Waals surface area contributed by atoms with Crippen molar-refractivity contribution in [3.05, 3.63) is 102 Å². The lowest BCUT2D eigenvalue weighted by atomic mass is 9.84. The number of rotatable bonds is 10. The minimum atomic E-state index is -0.970. The van der Waals surface area contributed by atoms with E-state index in [0.717, 1.165) is 22.4 Å². The fourth-order valence-electron chi connectivity index (χ4n) is 5.11. The van der Waals surface area contributed by atoms with Crippen LogP contribution in [0.3, 0.4) is 0 Å². The van der Waals surface area contributed by atoms with E-state index < -0.39 is 42.4 Å². The number of methoxy groups -OCH3 is 1. The Morgan fingerprint density at radius 2 is 1.11 bits per heavy atom. The molecule has 0 radical (unpaired) electrons. The van der Waals surface area contributed by atoms with E-state index in [0.29, 0.717) is 19.8 Å². The Morgan fingerprint density at radius 3 is 1.66 bits per heavy atom. The lowest BCUT2D eigenvalue weighted by Gasteiger charge is -2.45. The largest absolute Gasteiger partial charge is 0.497 e. The topological polar surface area (TPSA) is 75.6 Å². The third-order valence-corrected chi connectivity index (χ3v) is 6.98. The van der Waals surface area contributed by atoms with Crippen molar-refractivity contribution in [3.63, 3.8) is 0 Å². The summed E-state index contributed by atoms with van der Waals surface area (Å²) >= 11 is 0. The fourth-order valence-corrected chi connectivity index (χ4v) is 5.11. The third-order valence-electron chi connectivity index (χ3n) is 6.98. The molecule has 0 spiro atoms. The molecular weight excluding hydrogens is 484 g/mol. The Morgan fingerprint density at radius 1 is 0.632 bits per heavy atom. The monoisotopic (exact) mass is 520 g/mol. The summed E-state index contributed by atoms with van der Waals surface area (Å²) in [7, 11) is 1.64. The molecule has 7 heteroatoms. The molecule has 5 rings (SSSR count). The van der Waals surface area contributed by atoms with Crippen molar-refractivity contribution in [3.8, 4) is 5.75 Å². The van der Waals surface area contributed by atoms with Crippen molar-refractivity contribution < 1.29 is 33.5 Å². The van der Waals surface area contributed by atoms with Crippen LogP contribution < -0.4 is 4.74 Å². The zero-order chi connectivity index (χ0) is 26.5. The second-order valence-electron chi connectivity index (χ2n) is 10.2. The van der Waals surface area contributed by atoms with Gasteiger partial charge in [0, 0.05) is 0 Å². The Balaban J connectivity index is 1.42. The van der Waals surface area contributed by atoms with E-state index in [2.05, 4.69) is 0 Å². The second kappa shape index (κ2) is 11.9. The SMILES string of the molecule is COc1ccc(CO[C@H]2[C@@H](OCc3ccccc3)[C@@H](O)C3OC(C)(C)OC3[C@@H]2OCc2ccccc2)cc1. The van der Waals surface area contributed by atoms with Crippen LogP contribution in [0.1, 0.15) is 30.5 Å². The summed E-state index contributed by atoms with van der Waals surface area (Å²) in [5, 5.41) is 11.5. The zero-order valence-electron chi connectivity index (χ0n) is 22.1. The summed E-state index contributed by atoms with van der Waals surface area (Å²) in [6, 6.07) is 27.5. The first-order chi connectivity index (χ1) is 18.4. The van der Waals surface area contributed by atoms with E-state index in [1.165, 1.54) is 0 Å². The first-order valence-electron chi connectivity index (χ1n) is 13.0. The minimum absolute atomic E-state index is 0.305. The molecule has 1 saturated heterocycles. The summed E-state index contributed by atoms with van der Waals surface area (Å²) in [5.41, 5.74) is 3.00. The first kappa shape index (κ1) is 26.8. The van der Waals surface area contributed by atoms with Gasteiger partial charge in [0.2, 0.25) is 0 Å². The molecule has 0 amide bonds.